The van der Waals surface area contributed by atoms with Crippen molar-refractivity contribution >= 4 is 12.0 Å². The minimum atomic E-state index is -0.493. The van der Waals surface area contributed by atoms with E-state index >= 15 is 0 Å². The van der Waals surface area contributed by atoms with E-state index in [9.17, 15) is 14.4 Å². The van der Waals surface area contributed by atoms with Gasteiger partial charge in [0.15, 0.2) is 11.6 Å². The maximum absolute atomic E-state index is 14.8. The molecular weight excluding hydrogens is 447 g/mol. The number of aromatic nitrogens is 2. The number of para-hydroxylation sites is 1. The highest BCUT2D eigenvalue weighted by molar-refractivity contribution is 6.02. The van der Waals surface area contributed by atoms with Gasteiger partial charge in [0.1, 0.15) is 17.3 Å². The SMILES string of the molecule is CCCCOc1ccc(-c2nn(-c3ccccc3)cc2C=C(C#N)C(=O)N2CCOCC2)cc1F. The van der Waals surface area contributed by atoms with E-state index in [4.69, 9.17) is 9.47 Å². The molecule has 0 spiro atoms. The van der Waals surface area contributed by atoms with Gasteiger partial charge in [-0.2, -0.15) is 10.4 Å². The molecule has 1 fully saturated rings. The Labute approximate surface area is 204 Å². The van der Waals surface area contributed by atoms with E-state index < -0.39 is 5.82 Å². The molecule has 0 bridgehead atoms. The summed E-state index contributed by atoms with van der Waals surface area (Å²) >= 11 is 0. The molecule has 0 radical (unpaired) electrons. The van der Waals surface area contributed by atoms with E-state index in [1.807, 2.05) is 43.3 Å². The van der Waals surface area contributed by atoms with E-state index in [0.29, 0.717) is 49.7 Å². The molecule has 1 aromatic heterocycles. The first-order chi connectivity index (χ1) is 17.1. The quantitative estimate of drug-likeness (QED) is 0.270. The molecule has 1 aliphatic heterocycles. The second-order valence-electron chi connectivity index (χ2n) is 8.13. The fraction of sp³-hybridized carbons (Fsp3) is 0.296. The third-order valence-electron chi connectivity index (χ3n) is 5.67. The van der Waals surface area contributed by atoms with Gasteiger partial charge in [-0.05, 0) is 42.8 Å². The molecule has 0 unspecified atom stereocenters. The lowest BCUT2D eigenvalue weighted by molar-refractivity contribution is -0.130. The smallest absolute Gasteiger partial charge is 0.264 e. The minimum Gasteiger partial charge on any atom is -0.491 e. The Bertz CT molecular complexity index is 1240. The lowest BCUT2D eigenvalue weighted by Crippen LogP contribution is -2.41. The first-order valence-corrected chi connectivity index (χ1v) is 11.7. The van der Waals surface area contributed by atoms with Gasteiger partial charge >= 0.3 is 0 Å². The van der Waals surface area contributed by atoms with Crippen LogP contribution in [0.3, 0.4) is 0 Å². The second-order valence-corrected chi connectivity index (χ2v) is 8.13. The molecule has 2 heterocycles. The Hall–Kier alpha value is -3.96. The maximum atomic E-state index is 14.8. The monoisotopic (exact) mass is 474 g/mol. The Kier molecular flexibility index (Phi) is 7.91. The van der Waals surface area contributed by atoms with E-state index in [0.717, 1.165) is 18.5 Å². The summed E-state index contributed by atoms with van der Waals surface area (Å²) in [6, 6.07) is 16.2. The Morgan fingerprint density at radius 1 is 1.23 bits per heavy atom. The number of carbonyl (C=O) groups excluding carboxylic acids is 1. The summed E-state index contributed by atoms with van der Waals surface area (Å²) in [5.74, 6) is -0.672. The van der Waals surface area contributed by atoms with E-state index in [1.165, 1.54) is 12.1 Å². The number of rotatable bonds is 8. The molecule has 4 rings (SSSR count). The van der Waals surface area contributed by atoms with Gasteiger partial charge in [-0.15, -0.1) is 0 Å². The fourth-order valence-corrected chi connectivity index (χ4v) is 3.76. The number of halogens is 1. The third-order valence-corrected chi connectivity index (χ3v) is 5.67. The third kappa shape index (κ3) is 5.76. The summed E-state index contributed by atoms with van der Waals surface area (Å²) in [5, 5.41) is 14.4. The predicted octanol–water partition coefficient (Wildman–Crippen LogP) is 4.62. The molecular formula is C27H27FN4O3. The van der Waals surface area contributed by atoms with Crippen molar-refractivity contribution in [2.24, 2.45) is 0 Å². The van der Waals surface area contributed by atoms with Crippen molar-refractivity contribution in [1.29, 1.82) is 5.26 Å². The zero-order valence-electron chi connectivity index (χ0n) is 19.6. The number of benzene rings is 2. The van der Waals surface area contributed by atoms with Crippen LogP contribution in [0.2, 0.25) is 0 Å². The van der Waals surface area contributed by atoms with E-state index in [-0.39, 0.29) is 17.2 Å². The number of ether oxygens (including phenoxy) is 2. The number of nitriles is 1. The molecule has 1 saturated heterocycles. The van der Waals surface area contributed by atoms with Crippen LogP contribution in [0.25, 0.3) is 23.0 Å². The van der Waals surface area contributed by atoms with Crippen LogP contribution in [-0.4, -0.2) is 53.5 Å². The average molecular weight is 475 g/mol. The van der Waals surface area contributed by atoms with Crippen molar-refractivity contribution in [2.45, 2.75) is 19.8 Å². The summed E-state index contributed by atoms with van der Waals surface area (Å²) < 4.78 is 27.3. The van der Waals surface area contributed by atoms with E-state index in [2.05, 4.69) is 5.10 Å². The Morgan fingerprint density at radius 2 is 2.00 bits per heavy atom. The number of morpholine rings is 1. The van der Waals surface area contributed by atoms with Gasteiger partial charge in [-0.1, -0.05) is 31.5 Å². The summed E-state index contributed by atoms with van der Waals surface area (Å²) in [4.78, 5) is 14.6. The van der Waals surface area contributed by atoms with Crippen LogP contribution in [-0.2, 0) is 9.53 Å². The van der Waals surface area contributed by atoms with Gasteiger partial charge < -0.3 is 14.4 Å². The highest BCUT2D eigenvalue weighted by Gasteiger charge is 2.22. The Morgan fingerprint density at radius 3 is 2.69 bits per heavy atom. The number of unbranched alkanes of at least 4 members (excludes halogenated alkanes) is 1. The topological polar surface area (TPSA) is 80.4 Å². The largest absolute Gasteiger partial charge is 0.491 e. The van der Waals surface area contributed by atoms with Gasteiger partial charge in [-0.25, -0.2) is 9.07 Å². The number of amides is 1. The highest BCUT2D eigenvalue weighted by Crippen LogP contribution is 2.30. The molecule has 35 heavy (non-hydrogen) atoms. The molecule has 0 atom stereocenters. The number of hydrogen-bond acceptors (Lipinski definition) is 5. The van der Waals surface area contributed by atoms with Gasteiger partial charge in [-0.3, -0.25) is 4.79 Å². The number of nitrogens with zero attached hydrogens (tertiary/aromatic N) is 4. The standard InChI is InChI=1S/C27H27FN4O3/c1-2-3-13-35-25-10-9-20(17-24(25)28)26-22(19-32(30-26)23-7-5-4-6-8-23)16-21(18-29)27(33)31-11-14-34-15-12-31/h4-10,16-17,19H,2-3,11-15H2,1H3. The van der Waals surface area contributed by atoms with Crippen molar-refractivity contribution in [3.05, 3.63) is 71.7 Å². The van der Waals surface area contributed by atoms with Crippen LogP contribution < -0.4 is 4.74 Å². The zero-order chi connectivity index (χ0) is 24.6. The van der Waals surface area contributed by atoms with Crippen LogP contribution >= 0.6 is 0 Å². The molecule has 3 aromatic rings. The maximum Gasteiger partial charge on any atom is 0.264 e. The van der Waals surface area contributed by atoms with Crippen LogP contribution in [0.4, 0.5) is 4.39 Å². The van der Waals surface area contributed by atoms with Crippen LogP contribution in [0.5, 0.6) is 5.75 Å². The van der Waals surface area contributed by atoms with Gasteiger partial charge in [0, 0.05) is 30.4 Å². The van der Waals surface area contributed by atoms with Crippen LogP contribution in [0.15, 0.2) is 60.3 Å². The predicted molar refractivity (Wildman–Crippen MR) is 130 cm³/mol. The van der Waals surface area contributed by atoms with Gasteiger partial charge in [0.05, 0.1) is 25.5 Å². The van der Waals surface area contributed by atoms with Crippen LogP contribution in [0.1, 0.15) is 25.3 Å². The summed E-state index contributed by atoms with van der Waals surface area (Å²) in [6.07, 6.45) is 5.05. The van der Waals surface area contributed by atoms with Crippen molar-refractivity contribution in [3.63, 3.8) is 0 Å². The van der Waals surface area contributed by atoms with Gasteiger partial charge in [0.2, 0.25) is 0 Å². The molecule has 0 saturated carbocycles. The summed E-state index contributed by atoms with van der Waals surface area (Å²) in [7, 11) is 0. The van der Waals surface area contributed by atoms with Crippen LogP contribution in [0, 0.1) is 17.1 Å². The lowest BCUT2D eigenvalue weighted by Gasteiger charge is -2.26. The molecule has 0 aliphatic carbocycles. The van der Waals surface area contributed by atoms with Crippen molar-refractivity contribution in [2.75, 3.05) is 32.9 Å². The van der Waals surface area contributed by atoms with E-state index in [1.54, 1.807) is 27.9 Å². The highest BCUT2D eigenvalue weighted by atomic mass is 19.1. The molecule has 0 N–H and O–H groups in total. The number of carbonyl (C=O) groups is 1. The average Bonchev–Trinajstić information content (AvgIpc) is 3.33. The Balaban J connectivity index is 1.73. The molecule has 8 heteroatoms. The molecule has 180 valence electrons. The minimum absolute atomic E-state index is 0.0132. The molecule has 1 aliphatic rings. The molecule has 2 aromatic carbocycles. The van der Waals surface area contributed by atoms with Gasteiger partial charge in [0.25, 0.3) is 5.91 Å². The molecule has 1 amide bonds. The van der Waals surface area contributed by atoms with Crippen molar-refractivity contribution in [1.82, 2.24) is 14.7 Å². The molecule has 7 nitrogen and oxygen atoms in total. The fourth-order valence-electron chi connectivity index (χ4n) is 3.76. The van der Waals surface area contributed by atoms with Crippen molar-refractivity contribution in [3.8, 4) is 28.8 Å². The zero-order valence-corrected chi connectivity index (χ0v) is 19.6. The first kappa shape index (κ1) is 24.2. The first-order valence-electron chi connectivity index (χ1n) is 11.7. The second kappa shape index (κ2) is 11.4. The van der Waals surface area contributed by atoms with Crippen molar-refractivity contribution < 1.29 is 18.7 Å². The summed E-state index contributed by atoms with van der Waals surface area (Å²) in [6.45, 7) is 4.22. The normalized spacial score (nSPS) is 14.0. The lowest BCUT2D eigenvalue weighted by atomic mass is 10.0. The number of hydrogen-bond donors (Lipinski definition) is 0. The summed E-state index contributed by atoms with van der Waals surface area (Å²) in [5.41, 5.74) is 2.29.